The Balaban J connectivity index is 3.65. The summed E-state index contributed by atoms with van der Waals surface area (Å²) >= 11 is 0. The number of carbonyl (C=O) groups excluding carboxylic acids is 1. The summed E-state index contributed by atoms with van der Waals surface area (Å²) in [7, 11) is -0.967. The van der Waals surface area contributed by atoms with E-state index in [1.54, 1.807) is 6.92 Å². The molecule has 6 nitrogen and oxygen atoms in total. The largest absolute Gasteiger partial charge is 0.474 e. The Labute approximate surface area is 95.1 Å². The van der Waals surface area contributed by atoms with Gasteiger partial charge in [-0.3, -0.25) is 13.6 Å². The topological polar surface area (TPSA) is 71.1 Å². The average molecular weight is 252 g/mol. The number of hydrogen-bond acceptors (Lipinski definition) is 6. The minimum absolute atomic E-state index is 0.114. The summed E-state index contributed by atoms with van der Waals surface area (Å²) in [6.45, 7) is 5.27. The van der Waals surface area contributed by atoms with E-state index in [0.29, 0.717) is 12.0 Å². The molecule has 0 fully saturated rings. The van der Waals surface area contributed by atoms with E-state index in [4.69, 9.17) is 9.26 Å². The van der Waals surface area contributed by atoms with Gasteiger partial charge in [-0.15, -0.1) is 0 Å². The summed E-state index contributed by atoms with van der Waals surface area (Å²) < 4.78 is 30.1. The maximum atomic E-state index is 11.4. The molecule has 0 saturated carbocycles. The number of phosphoric ester groups is 1. The molecule has 0 unspecified atom stereocenters. The average Bonchev–Trinajstić information content (AvgIpc) is 2.27. The zero-order valence-corrected chi connectivity index (χ0v) is 10.6. The van der Waals surface area contributed by atoms with Crippen LogP contribution in [0.2, 0.25) is 0 Å². The zero-order valence-electron chi connectivity index (χ0n) is 9.73. The SMILES string of the molecule is C=C(C)C(=O)OCCCOP(=O)(OC)OC. The first-order valence-corrected chi connectivity index (χ1v) is 6.10. The lowest BCUT2D eigenvalue weighted by molar-refractivity contribution is -0.139. The van der Waals surface area contributed by atoms with Gasteiger partial charge in [0.05, 0.1) is 13.2 Å². The number of esters is 1. The number of phosphoric acid groups is 1. The fourth-order valence-electron chi connectivity index (χ4n) is 0.703. The van der Waals surface area contributed by atoms with Gasteiger partial charge >= 0.3 is 13.8 Å². The molecule has 0 spiro atoms. The molecule has 0 heterocycles. The highest BCUT2D eigenvalue weighted by Crippen LogP contribution is 2.47. The van der Waals surface area contributed by atoms with Crippen LogP contribution in [0.5, 0.6) is 0 Å². The lowest BCUT2D eigenvalue weighted by atomic mass is 10.4. The van der Waals surface area contributed by atoms with Crippen LogP contribution in [-0.4, -0.2) is 33.4 Å². The van der Waals surface area contributed by atoms with Gasteiger partial charge in [-0.1, -0.05) is 6.58 Å². The third-order valence-electron chi connectivity index (χ3n) is 1.57. The minimum Gasteiger partial charge on any atom is -0.462 e. The predicted octanol–water partition coefficient (Wildman–Crippen LogP) is 1.91. The fourth-order valence-corrected chi connectivity index (χ4v) is 1.42. The normalized spacial score (nSPS) is 11.2. The highest BCUT2D eigenvalue weighted by molar-refractivity contribution is 7.48. The molecule has 0 bridgehead atoms. The van der Waals surface area contributed by atoms with Gasteiger partial charge in [-0.25, -0.2) is 9.36 Å². The molecule has 0 amide bonds. The van der Waals surface area contributed by atoms with Crippen LogP contribution in [0.25, 0.3) is 0 Å². The van der Waals surface area contributed by atoms with E-state index in [-0.39, 0.29) is 13.2 Å². The number of carbonyl (C=O) groups is 1. The summed E-state index contributed by atoms with van der Waals surface area (Å²) in [5, 5.41) is 0. The molecule has 0 aliphatic rings. The maximum absolute atomic E-state index is 11.4. The molecule has 0 aliphatic carbocycles. The first kappa shape index (κ1) is 15.3. The van der Waals surface area contributed by atoms with Crippen LogP contribution in [0, 0.1) is 0 Å². The molecule has 0 N–H and O–H groups in total. The van der Waals surface area contributed by atoms with Crippen molar-refractivity contribution in [2.75, 3.05) is 27.4 Å². The monoisotopic (exact) mass is 252 g/mol. The molecule has 0 rings (SSSR count). The molecule has 0 atom stereocenters. The second-order valence-electron chi connectivity index (χ2n) is 2.92. The van der Waals surface area contributed by atoms with Crippen LogP contribution < -0.4 is 0 Å². The van der Waals surface area contributed by atoms with Crippen LogP contribution in [0.15, 0.2) is 12.2 Å². The van der Waals surface area contributed by atoms with Crippen LogP contribution in [-0.2, 0) is 27.7 Å². The van der Waals surface area contributed by atoms with Crippen molar-refractivity contribution in [2.45, 2.75) is 13.3 Å². The molecule has 94 valence electrons. The van der Waals surface area contributed by atoms with Crippen molar-refractivity contribution in [3.63, 3.8) is 0 Å². The second kappa shape index (κ2) is 7.57. The Morgan fingerprint density at radius 3 is 2.25 bits per heavy atom. The second-order valence-corrected chi connectivity index (χ2v) is 4.80. The van der Waals surface area contributed by atoms with Crippen LogP contribution in [0.3, 0.4) is 0 Å². The molecule has 0 saturated heterocycles. The molecule has 0 aromatic rings. The zero-order chi connectivity index (χ0) is 12.6. The van der Waals surface area contributed by atoms with Crippen molar-refractivity contribution in [1.82, 2.24) is 0 Å². The predicted molar refractivity (Wildman–Crippen MR) is 58.0 cm³/mol. The van der Waals surface area contributed by atoms with Crippen molar-refractivity contribution in [3.8, 4) is 0 Å². The van der Waals surface area contributed by atoms with Crippen LogP contribution in [0.4, 0.5) is 0 Å². The summed E-state index contributed by atoms with van der Waals surface area (Å²) in [6.07, 6.45) is 0.399. The molecule has 0 radical (unpaired) electrons. The lowest BCUT2D eigenvalue weighted by Gasteiger charge is -2.12. The van der Waals surface area contributed by atoms with Gasteiger partial charge in [-0.2, -0.15) is 0 Å². The van der Waals surface area contributed by atoms with Gasteiger partial charge in [0.1, 0.15) is 0 Å². The Hall–Kier alpha value is -0.680. The first-order valence-electron chi connectivity index (χ1n) is 4.64. The number of rotatable bonds is 8. The summed E-state index contributed by atoms with van der Waals surface area (Å²) in [4.78, 5) is 10.9. The van der Waals surface area contributed by atoms with Gasteiger partial charge in [0.25, 0.3) is 0 Å². The highest BCUT2D eigenvalue weighted by Gasteiger charge is 2.21. The highest BCUT2D eigenvalue weighted by atomic mass is 31.2. The molecular weight excluding hydrogens is 235 g/mol. The maximum Gasteiger partial charge on any atom is 0.474 e. The van der Waals surface area contributed by atoms with E-state index in [2.05, 4.69) is 15.6 Å². The summed E-state index contributed by atoms with van der Waals surface area (Å²) in [5.74, 6) is -0.457. The fraction of sp³-hybridized carbons (Fsp3) is 0.667. The summed E-state index contributed by atoms with van der Waals surface area (Å²) in [6, 6.07) is 0. The third-order valence-corrected chi connectivity index (χ3v) is 2.96. The molecule has 16 heavy (non-hydrogen) atoms. The Kier molecular flexibility index (Phi) is 7.25. The van der Waals surface area contributed by atoms with Gasteiger partial charge in [-0.05, 0) is 6.92 Å². The number of ether oxygens (including phenoxy) is 1. The Morgan fingerprint density at radius 2 is 1.81 bits per heavy atom. The quantitative estimate of drug-likeness (QED) is 0.284. The van der Waals surface area contributed by atoms with Crippen molar-refractivity contribution in [3.05, 3.63) is 12.2 Å². The number of hydrogen-bond donors (Lipinski definition) is 0. The molecule has 0 aliphatic heterocycles. The van der Waals surface area contributed by atoms with Crippen molar-refractivity contribution in [2.24, 2.45) is 0 Å². The van der Waals surface area contributed by atoms with Gasteiger partial charge in [0.15, 0.2) is 0 Å². The molecule has 0 aromatic carbocycles. The van der Waals surface area contributed by atoms with E-state index in [1.165, 1.54) is 14.2 Å². The van der Waals surface area contributed by atoms with Gasteiger partial charge in [0.2, 0.25) is 0 Å². The van der Waals surface area contributed by atoms with Crippen molar-refractivity contribution >= 4 is 13.8 Å². The van der Waals surface area contributed by atoms with Gasteiger partial charge < -0.3 is 4.74 Å². The smallest absolute Gasteiger partial charge is 0.462 e. The first-order chi connectivity index (χ1) is 7.45. The lowest BCUT2D eigenvalue weighted by Crippen LogP contribution is -2.08. The Bertz CT molecular complexity index is 280. The van der Waals surface area contributed by atoms with Crippen molar-refractivity contribution in [1.29, 1.82) is 0 Å². The Morgan fingerprint density at radius 1 is 1.25 bits per heavy atom. The minimum atomic E-state index is -3.42. The van der Waals surface area contributed by atoms with Crippen LogP contribution in [0.1, 0.15) is 13.3 Å². The standard InChI is InChI=1S/C9H17O6P/c1-8(2)9(10)14-6-5-7-15-16(11,12-3)13-4/h1,5-7H2,2-4H3. The molecule has 0 aromatic heterocycles. The van der Waals surface area contributed by atoms with E-state index in [9.17, 15) is 9.36 Å². The van der Waals surface area contributed by atoms with Gasteiger partial charge in [0, 0.05) is 26.2 Å². The van der Waals surface area contributed by atoms with Crippen LogP contribution >= 0.6 is 7.82 Å². The van der Waals surface area contributed by atoms with E-state index in [1.807, 2.05) is 0 Å². The van der Waals surface area contributed by atoms with E-state index < -0.39 is 13.8 Å². The molecule has 7 heteroatoms. The third kappa shape index (κ3) is 6.02. The molecular formula is C9H17O6P. The summed E-state index contributed by atoms with van der Waals surface area (Å²) in [5.41, 5.74) is 0.334. The van der Waals surface area contributed by atoms with E-state index in [0.717, 1.165) is 0 Å². The van der Waals surface area contributed by atoms with E-state index >= 15 is 0 Å². The van der Waals surface area contributed by atoms with Crippen molar-refractivity contribution < 1.29 is 27.7 Å².